The van der Waals surface area contributed by atoms with Crippen molar-refractivity contribution in [3.05, 3.63) is 30.1 Å². The number of hydrogen-bond donors (Lipinski definition) is 2. The molecule has 2 heterocycles. The number of amides is 2. The van der Waals surface area contributed by atoms with Gasteiger partial charge < -0.3 is 15.3 Å². The molecule has 2 N–H and O–H groups in total. The second-order valence-electron chi connectivity index (χ2n) is 4.21. The zero-order valence-electron chi connectivity index (χ0n) is 10.1. The molecule has 0 radical (unpaired) electrons. The van der Waals surface area contributed by atoms with Crippen LogP contribution in [0.25, 0.3) is 0 Å². The minimum Gasteiger partial charge on any atom is -0.480 e. The lowest BCUT2D eigenvalue weighted by Crippen LogP contribution is -2.59. The van der Waals surface area contributed by atoms with Crippen molar-refractivity contribution in [1.29, 1.82) is 0 Å². The summed E-state index contributed by atoms with van der Waals surface area (Å²) in [4.78, 5) is 39.4. The van der Waals surface area contributed by atoms with Gasteiger partial charge in [-0.15, -0.1) is 0 Å². The molecule has 1 fully saturated rings. The van der Waals surface area contributed by atoms with Gasteiger partial charge in [0.25, 0.3) is 0 Å². The van der Waals surface area contributed by atoms with Gasteiger partial charge in [-0.1, -0.05) is 0 Å². The quantitative estimate of drug-likeness (QED) is 0.731. The van der Waals surface area contributed by atoms with Crippen LogP contribution in [0, 0.1) is 0 Å². The standard InChI is InChI=1S/C12H13N3O4/c16-10-7-15(9(6-14-10)12(18)19)11(17)5-8-1-3-13-4-2-8/h1-4,9H,5-7H2,(H,14,16)(H,18,19). The second kappa shape index (κ2) is 5.47. The highest BCUT2D eigenvalue weighted by Crippen LogP contribution is 2.08. The Hall–Kier alpha value is -2.44. The summed E-state index contributed by atoms with van der Waals surface area (Å²) in [7, 11) is 0. The van der Waals surface area contributed by atoms with Crippen molar-refractivity contribution < 1.29 is 19.5 Å². The van der Waals surface area contributed by atoms with Crippen LogP contribution in [0.15, 0.2) is 24.5 Å². The number of nitrogens with zero attached hydrogens (tertiary/aromatic N) is 2. The largest absolute Gasteiger partial charge is 0.480 e. The zero-order valence-corrected chi connectivity index (χ0v) is 10.1. The SMILES string of the molecule is O=C1CN(C(=O)Cc2ccncc2)C(C(=O)O)CN1. The summed E-state index contributed by atoms with van der Waals surface area (Å²) in [5.41, 5.74) is 0.732. The van der Waals surface area contributed by atoms with Gasteiger partial charge in [-0.05, 0) is 17.7 Å². The second-order valence-corrected chi connectivity index (χ2v) is 4.21. The molecule has 0 spiro atoms. The number of pyridine rings is 1. The predicted molar refractivity (Wildman–Crippen MR) is 64.1 cm³/mol. The number of carbonyl (C=O) groups excluding carboxylic acids is 2. The van der Waals surface area contributed by atoms with Crippen LogP contribution < -0.4 is 5.32 Å². The van der Waals surface area contributed by atoms with E-state index in [-0.39, 0.29) is 31.3 Å². The molecule has 1 aliphatic rings. The summed E-state index contributed by atoms with van der Waals surface area (Å²) < 4.78 is 0. The fourth-order valence-electron chi connectivity index (χ4n) is 1.90. The third-order valence-corrected chi connectivity index (χ3v) is 2.89. The van der Waals surface area contributed by atoms with Crippen molar-refractivity contribution in [1.82, 2.24) is 15.2 Å². The first-order valence-electron chi connectivity index (χ1n) is 5.76. The fraction of sp³-hybridized carbons (Fsp3) is 0.333. The van der Waals surface area contributed by atoms with Crippen LogP contribution in [0.2, 0.25) is 0 Å². The molecule has 0 saturated carbocycles. The number of hydrogen-bond acceptors (Lipinski definition) is 4. The van der Waals surface area contributed by atoms with Crippen molar-refractivity contribution >= 4 is 17.8 Å². The molecule has 0 aromatic carbocycles. The van der Waals surface area contributed by atoms with E-state index in [1.165, 1.54) is 0 Å². The van der Waals surface area contributed by atoms with E-state index in [1.807, 2.05) is 0 Å². The fourth-order valence-corrected chi connectivity index (χ4v) is 1.90. The third kappa shape index (κ3) is 3.06. The topological polar surface area (TPSA) is 99.6 Å². The lowest BCUT2D eigenvalue weighted by atomic mass is 10.1. The Bertz CT molecular complexity index is 503. The Morgan fingerprint density at radius 2 is 2.11 bits per heavy atom. The summed E-state index contributed by atoms with van der Waals surface area (Å²) in [6, 6.07) is 2.35. The minimum atomic E-state index is -1.12. The first-order valence-corrected chi connectivity index (χ1v) is 5.76. The van der Waals surface area contributed by atoms with E-state index >= 15 is 0 Å². The molecule has 0 aliphatic carbocycles. The molecule has 1 aromatic rings. The summed E-state index contributed by atoms with van der Waals surface area (Å²) in [6.07, 6.45) is 3.17. The molecule has 2 rings (SSSR count). The lowest BCUT2D eigenvalue weighted by Gasteiger charge is -2.32. The van der Waals surface area contributed by atoms with Crippen LogP contribution in [0.3, 0.4) is 0 Å². The van der Waals surface area contributed by atoms with Crippen molar-refractivity contribution in [2.24, 2.45) is 0 Å². The number of piperazine rings is 1. The maximum atomic E-state index is 12.1. The van der Waals surface area contributed by atoms with E-state index in [2.05, 4.69) is 10.3 Å². The van der Waals surface area contributed by atoms with Gasteiger partial charge in [0, 0.05) is 18.9 Å². The summed E-state index contributed by atoms with van der Waals surface area (Å²) in [5.74, 6) is -1.85. The van der Waals surface area contributed by atoms with Crippen molar-refractivity contribution in [2.75, 3.05) is 13.1 Å². The highest BCUT2D eigenvalue weighted by atomic mass is 16.4. The molecule has 7 heteroatoms. The molecular formula is C12H13N3O4. The van der Waals surface area contributed by atoms with Crippen molar-refractivity contribution in [3.8, 4) is 0 Å². The van der Waals surface area contributed by atoms with Crippen LogP contribution in [0.1, 0.15) is 5.56 Å². The molecule has 19 heavy (non-hydrogen) atoms. The van der Waals surface area contributed by atoms with E-state index in [0.29, 0.717) is 0 Å². The first-order chi connectivity index (χ1) is 9.08. The van der Waals surface area contributed by atoms with Gasteiger partial charge in [-0.2, -0.15) is 0 Å². The van der Waals surface area contributed by atoms with Crippen LogP contribution in [0.5, 0.6) is 0 Å². The monoisotopic (exact) mass is 263 g/mol. The van der Waals surface area contributed by atoms with Gasteiger partial charge in [0.2, 0.25) is 11.8 Å². The van der Waals surface area contributed by atoms with Crippen LogP contribution in [-0.4, -0.2) is 51.9 Å². The molecule has 1 aliphatic heterocycles. The van der Waals surface area contributed by atoms with Gasteiger partial charge >= 0.3 is 5.97 Å². The Morgan fingerprint density at radius 1 is 1.42 bits per heavy atom. The maximum absolute atomic E-state index is 12.1. The number of carboxylic acids is 1. The van der Waals surface area contributed by atoms with Crippen LogP contribution >= 0.6 is 0 Å². The highest BCUT2D eigenvalue weighted by Gasteiger charge is 2.34. The number of carboxylic acid groups (broad SMARTS) is 1. The van der Waals surface area contributed by atoms with Crippen molar-refractivity contribution in [2.45, 2.75) is 12.5 Å². The normalized spacial score (nSPS) is 18.8. The molecule has 1 aromatic heterocycles. The average Bonchev–Trinajstić information content (AvgIpc) is 2.39. The van der Waals surface area contributed by atoms with E-state index in [9.17, 15) is 14.4 Å². The molecule has 1 unspecified atom stereocenters. The molecule has 1 atom stereocenters. The van der Waals surface area contributed by atoms with E-state index in [0.717, 1.165) is 10.5 Å². The Balaban J connectivity index is 2.11. The Kier molecular flexibility index (Phi) is 3.74. The van der Waals surface area contributed by atoms with E-state index in [1.54, 1.807) is 24.5 Å². The Labute approximate surface area is 109 Å². The average molecular weight is 263 g/mol. The van der Waals surface area contributed by atoms with Crippen LogP contribution in [-0.2, 0) is 20.8 Å². The smallest absolute Gasteiger partial charge is 0.328 e. The molecule has 7 nitrogen and oxygen atoms in total. The molecule has 0 bridgehead atoms. The Morgan fingerprint density at radius 3 is 2.74 bits per heavy atom. The number of nitrogens with one attached hydrogen (secondary N) is 1. The van der Waals surface area contributed by atoms with Crippen LogP contribution in [0.4, 0.5) is 0 Å². The molecular weight excluding hydrogens is 250 g/mol. The third-order valence-electron chi connectivity index (χ3n) is 2.89. The highest BCUT2D eigenvalue weighted by molar-refractivity contribution is 5.91. The summed E-state index contributed by atoms with van der Waals surface area (Å²) >= 11 is 0. The summed E-state index contributed by atoms with van der Waals surface area (Å²) in [6.45, 7) is -0.281. The van der Waals surface area contributed by atoms with E-state index < -0.39 is 12.0 Å². The number of rotatable bonds is 3. The van der Waals surface area contributed by atoms with Crippen molar-refractivity contribution in [3.63, 3.8) is 0 Å². The first kappa shape index (κ1) is 13.0. The lowest BCUT2D eigenvalue weighted by molar-refractivity contribution is -0.153. The van der Waals surface area contributed by atoms with Gasteiger partial charge in [0.15, 0.2) is 0 Å². The van der Waals surface area contributed by atoms with Gasteiger partial charge in [0.05, 0.1) is 6.42 Å². The molecule has 100 valence electrons. The number of carbonyl (C=O) groups is 3. The predicted octanol–water partition coefficient (Wildman–Crippen LogP) is -0.964. The summed E-state index contributed by atoms with van der Waals surface area (Å²) in [5, 5.41) is 11.5. The number of aromatic nitrogens is 1. The zero-order chi connectivity index (χ0) is 13.8. The van der Waals surface area contributed by atoms with E-state index in [4.69, 9.17) is 5.11 Å². The maximum Gasteiger partial charge on any atom is 0.328 e. The van der Waals surface area contributed by atoms with Gasteiger partial charge in [-0.3, -0.25) is 14.6 Å². The molecule has 2 amide bonds. The minimum absolute atomic E-state index is 0.0551. The van der Waals surface area contributed by atoms with Gasteiger partial charge in [-0.25, -0.2) is 4.79 Å². The number of aliphatic carboxylic acids is 1. The molecule has 1 saturated heterocycles. The van der Waals surface area contributed by atoms with Gasteiger partial charge in [0.1, 0.15) is 12.6 Å².